The fraction of sp³-hybridized carbons (Fsp3) is 0.190. The zero-order valence-electron chi connectivity index (χ0n) is 14.8. The van der Waals surface area contributed by atoms with Crippen molar-refractivity contribution in [2.24, 2.45) is 0 Å². The molecule has 1 N–H and O–H groups in total. The predicted octanol–water partition coefficient (Wildman–Crippen LogP) is 1.96. The van der Waals surface area contributed by atoms with E-state index in [0.29, 0.717) is 20.5 Å². The number of pyridine rings is 1. The molecular formula is C21H18N2O3S. The first-order chi connectivity index (χ1) is 13.1. The van der Waals surface area contributed by atoms with Gasteiger partial charge in [0.1, 0.15) is 5.75 Å². The van der Waals surface area contributed by atoms with Crippen molar-refractivity contribution in [3.63, 3.8) is 0 Å². The molecule has 27 heavy (non-hydrogen) atoms. The lowest BCUT2D eigenvalue weighted by molar-refractivity contribution is 0.106. The number of aryl methyl sites for hydroxylation is 2. The van der Waals surface area contributed by atoms with Gasteiger partial charge in [-0.05, 0) is 61.2 Å². The van der Waals surface area contributed by atoms with Gasteiger partial charge >= 0.3 is 0 Å². The quantitative estimate of drug-likeness (QED) is 0.707. The maximum absolute atomic E-state index is 12.4. The van der Waals surface area contributed by atoms with Crippen LogP contribution in [0.1, 0.15) is 33.6 Å². The number of aromatic nitrogens is 2. The maximum Gasteiger partial charge on any atom is 0.266 e. The summed E-state index contributed by atoms with van der Waals surface area (Å²) in [6.07, 6.45) is 6.93. The first kappa shape index (κ1) is 17.4. The van der Waals surface area contributed by atoms with Gasteiger partial charge in [0.05, 0.1) is 15.8 Å². The van der Waals surface area contributed by atoms with E-state index in [9.17, 15) is 9.59 Å². The second-order valence-electron chi connectivity index (χ2n) is 6.39. The fourth-order valence-corrected chi connectivity index (χ4v) is 3.97. The van der Waals surface area contributed by atoms with Crippen molar-refractivity contribution < 1.29 is 9.53 Å². The molecule has 6 heteroatoms. The average Bonchev–Trinajstić information content (AvgIpc) is 3.00. The molecule has 0 spiro atoms. The minimum atomic E-state index is -0.198. The number of ketones is 1. The van der Waals surface area contributed by atoms with Crippen LogP contribution in [0.15, 0.2) is 41.3 Å². The van der Waals surface area contributed by atoms with E-state index in [1.807, 2.05) is 18.2 Å². The van der Waals surface area contributed by atoms with Gasteiger partial charge in [-0.2, -0.15) is 0 Å². The van der Waals surface area contributed by atoms with Crippen LogP contribution in [-0.2, 0) is 6.42 Å². The summed E-state index contributed by atoms with van der Waals surface area (Å²) in [5.41, 5.74) is 3.12. The summed E-state index contributed by atoms with van der Waals surface area (Å²) in [5.74, 6) is 0.750. The molecule has 2 aromatic heterocycles. The van der Waals surface area contributed by atoms with E-state index < -0.39 is 0 Å². The number of thiazole rings is 1. The van der Waals surface area contributed by atoms with E-state index >= 15 is 0 Å². The standard InChI is InChI=1S/C21H18N2O3S/c1-13-16(5-2-8-22-13)17(24)12-20-23-21(25)19(27-20)11-14-6-7-18-15(10-14)4-3-9-26-18/h2,5-8,10-12H,3-4,9H2,1H3,(H,23,25)/b19-11-,20-12+. The average molecular weight is 378 g/mol. The molecule has 1 aromatic carbocycles. The molecule has 1 aliphatic rings. The van der Waals surface area contributed by atoms with Crippen LogP contribution in [0.4, 0.5) is 0 Å². The number of rotatable bonds is 3. The monoisotopic (exact) mass is 378 g/mol. The van der Waals surface area contributed by atoms with Gasteiger partial charge in [-0.15, -0.1) is 11.3 Å². The van der Waals surface area contributed by atoms with Crippen molar-refractivity contribution in [2.75, 3.05) is 6.61 Å². The Morgan fingerprint density at radius 1 is 1.33 bits per heavy atom. The van der Waals surface area contributed by atoms with E-state index in [-0.39, 0.29) is 11.3 Å². The first-order valence-corrected chi connectivity index (χ1v) is 9.56. The van der Waals surface area contributed by atoms with E-state index in [0.717, 1.165) is 36.3 Å². The zero-order chi connectivity index (χ0) is 18.8. The SMILES string of the molecule is Cc1ncccc1C(=O)/C=c1\[nH]c(=O)/c(=C/c2ccc3c(c2)CCCO3)s1. The van der Waals surface area contributed by atoms with Crippen molar-refractivity contribution in [1.82, 2.24) is 9.97 Å². The number of carbonyl (C=O) groups excluding carboxylic acids is 1. The normalized spacial score (nSPS) is 14.7. The Morgan fingerprint density at radius 3 is 3.07 bits per heavy atom. The molecule has 3 aromatic rings. The van der Waals surface area contributed by atoms with Crippen LogP contribution in [0.5, 0.6) is 5.75 Å². The van der Waals surface area contributed by atoms with Crippen molar-refractivity contribution in [1.29, 1.82) is 0 Å². The number of hydrogen-bond donors (Lipinski definition) is 1. The number of nitrogens with zero attached hydrogens (tertiary/aromatic N) is 1. The highest BCUT2D eigenvalue weighted by atomic mass is 32.1. The molecule has 0 atom stereocenters. The Labute approximate surface area is 159 Å². The molecule has 0 amide bonds. The number of nitrogens with one attached hydrogen (secondary N) is 1. The molecule has 0 unspecified atom stereocenters. The Hall–Kier alpha value is -2.99. The highest BCUT2D eigenvalue weighted by Gasteiger charge is 2.10. The molecular weight excluding hydrogens is 360 g/mol. The van der Waals surface area contributed by atoms with Crippen LogP contribution in [0.2, 0.25) is 0 Å². The summed E-state index contributed by atoms with van der Waals surface area (Å²) in [7, 11) is 0. The lowest BCUT2D eigenvalue weighted by Gasteiger charge is -2.17. The van der Waals surface area contributed by atoms with Crippen molar-refractivity contribution in [3.05, 3.63) is 78.5 Å². The number of H-pyrrole nitrogens is 1. The van der Waals surface area contributed by atoms with Crippen molar-refractivity contribution in [3.8, 4) is 5.75 Å². The second kappa shape index (κ2) is 7.32. The van der Waals surface area contributed by atoms with Crippen LogP contribution in [0.3, 0.4) is 0 Å². The van der Waals surface area contributed by atoms with E-state index in [1.165, 1.54) is 17.4 Å². The molecule has 1 aliphatic heterocycles. The summed E-state index contributed by atoms with van der Waals surface area (Å²) in [4.78, 5) is 31.6. The highest BCUT2D eigenvalue weighted by molar-refractivity contribution is 7.07. The largest absolute Gasteiger partial charge is 0.493 e. The summed E-state index contributed by atoms with van der Waals surface area (Å²) in [6.45, 7) is 2.54. The topological polar surface area (TPSA) is 72.0 Å². The summed E-state index contributed by atoms with van der Waals surface area (Å²) in [6, 6.07) is 9.40. The van der Waals surface area contributed by atoms with Gasteiger partial charge < -0.3 is 9.72 Å². The first-order valence-electron chi connectivity index (χ1n) is 8.74. The molecule has 0 saturated carbocycles. The van der Waals surface area contributed by atoms with Gasteiger partial charge in [-0.1, -0.05) is 6.07 Å². The van der Waals surface area contributed by atoms with E-state index in [1.54, 1.807) is 25.3 Å². The van der Waals surface area contributed by atoms with Gasteiger partial charge in [-0.25, -0.2) is 0 Å². The Kier molecular flexibility index (Phi) is 4.73. The van der Waals surface area contributed by atoms with E-state index in [4.69, 9.17) is 4.74 Å². The predicted molar refractivity (Wildman–Crippen MR) is 106 cm³/mol. The number of carbonyl (C=O) groups is 1. The molecule has 136 valence electrons. The second-order valence-corrected chi connectivity index (χ2v) is 7.48. The molecule has 0 aliphatic carbocycles. The lowest BCUT2D eigenvalue weighted by Crippen LogP contribution is -2.20. The van der Waals surface area contributed by atoms with Crippen molar-refractivity contribution >= 4 is 29.3 Å². The Balaban J connectivity index is 1.69. The minimum absolute atomic E-state index is 0.171. The zero-order valence-corrected chi connectivity index (χ0v) is 15.6. The number of Topliss-reactive ketones (excluding diaryl/α,β-unsaturated/α-hetero) is 1. The lowest BCUT2D eigenvalue weighted by atomic mass is 10.0. The summed E-state index contributed by atoms with van der Waals surface area (Å²) < 4.78 is 6.72. The molecule has 3 heterocycles. The number of benzene rings is 1. The van der Waals surface area contributed by atoms with Crippen LogP contribution in [0.25, 0.3) is 12.2 Å². The van der Waals surface area contributed by atoms with Crippen molar-refractivity contribution in [2.45, 2.75) is 19.8 Å². The van der Waals surface area contributed by atoms with Gasteiger partial charge in [0.25, 0.3) is 5.56 Å². The highest BCUT2D eigenvalue weighted by Crippen LogP contribution is 2.25. The molecule has 0 fully saturated rings. The molecule has 0 radical (unpaired) electrons. The van der Waals surface area contributed by atoms with Gasteiger partial charge in [0.2, 0.25) is 0 Å². The fourth-order valence-electron chi connectivity index (χ4n) is 3.09. The van der Waals surface area contributed by atoms with Crippen LogP contribution < -0.4 is 19.5 Å². The van der Waals surface area contributed by atoms with Crippen LogP contribution >= 0.6 is 11.3 Å². The molecule has 0 saturated heterocycles. The Morgan fingerprint density at radius 2 is 2.22 bits per heavy atom. The number of aromatic amines is 1. The third kappa shape index (κ3) is 3.75. The minimum Gasteiger partial charge on any atom is -0.493 e. The van der Waals surface area contributed by atoms with Gasteiger partial charge in [0.15, 0.2) is 5.78 Å². The maximum atomic E-state index is 12.4. The summed E-state index contributed by atoms with van der Waals surface area (Å²) in [5, 5.41) is 0. The smallest absolute Gasteiger partial charge is 0.266 e. The number of hydrogen-bond acceptors (Lipinski definition) is 5. The summed E-state index contributed by atoms with van der Waals surface area (Å²) >= 11 is 1.27. The molecule has 5 nitrogen and oxygen atoms in total. The van der Waals surface area contributed by atoms with Gasteiger partial charge in [-0.3, -0.25) is 14.6 Å². The number of ether oxygens (including phenoxy) is 1. The Bertz CT molecular complexity index is 1190. The third-order valence-corrected chi connectivity index (χ3v) is 5.41. The van der Waals surface area contributed by atoms with Gasteiger partial charge in [0, 0.05) is 23.5 Å². The van der Waals surface area contributed by atoms with Crippen LogP contribution in [-0.4, -0.2) is 22.4 Å². The van der Waals surface area contributed by atoms with Crippen LogP contribution in [0, 0.1) is 6.92 Å². The third-order valence-electron chi connectivity index (χ3n) is 4.45. The van der Waals surface area contributed by atoms with E-state index in [2.05, 4.69) is 16.0 Å². The molecule has 0 bridgehead atoms. The number of fused-ring (bicyclic) bond motifs is 1. The molecule has 4 rings (SSSR count).